The summed E-state index contributed by atoms with van der Waals surface area (Å²) >= 11 is 0. The summed E-state index contributed by atoms with van der Waals surface area (Å²) in [7, 11) is 1.42. The van der Waals surface area contributed by atoms with Gasteiger partial charge in [0, 0.05) is 19.4 Å². The molecule has 0 amide bonds. The highest BCUT2D eigenvalue weighted by atomic mass is 19.4. The summed E-state index contributed by atoms with van der Waals surface area (Å²) in [5.41, 5.74) is -0.965. The molecule has 0 saturated heterocycles. The van der Waals surface area contributed by atoms with Gasteiger partial charge in [0.2, 0.25) is 11.5 Å². The molecule has 0 aromatic carbocycles. The molecule has 2 heterocycles. The van der Waals surface area contributed by atoms with Crippen molar-refractivity contribution in [2.45, 2.75) is 6.18 Å². The molecule has 0 aliphatic carbocycles. The van der Waals surface area contributed by atoms with Crippen LogP contribution in [0.25, 0.3) is 5.65 Å². The molecule has 2 aromatic rings. The molecule has 80 valence electrons. The lowest BCUT2D eigenvalue weighted by Crippen LogP contribution is -2.20. The van der Waals surface area contributed by atoms with Crippen molar-refractivity contribution < 1.29 is 13.2 Å². The van der Waals surface area contributed by atoms with Gasteiger partial charge < -0.3 is 4.57 Å². The van der Waals surface area contributed by atoms with E-state index in [1.807, 2.05) is 0 Å². The van der Waals surface area contributed by atoms with E-state index in [1.165, 1.54) is 13.2 Å². The maximum absolute atomic E-state index is 12.4. The number of fused-ring (bicyclic) bond motifs is 1. The van der Waals surface area contributed by atoms with Crippen LogP contribution in [0.5, 0.6) is 0 Å². The third-order valence-corrected chi connectivity index (χ3v) is 1.90. The zero-order chi connectivity index (χ0) is 11.2. The maximum atomic E-state index is 12.4. The number of rotatable bonds is 0. The Morgan fingerprint density at radius 3 is 2.53 bits per heavy atom. The molecular weight excluding hydrogens is 213 g/mol. The summed E-state index contributed by atoms with van der Waals surface area (Å²) in [5.74, 6) is -1.20. The molecule has 0 radical (unpaired) electrons. The normalized spacial score (nSPS) is 12.3. The third kappa shape index (κ3) is 1.37. The minimum atomic E-state index is -4.62. The maximum Gasteiger partial charge on any atom is 0.452 e. The molecular formula is C7H5F3N4O. The first-order valence-corrected chi connectivity index (χ1v) is 3.89. The van der Waals surface area contributed by atoms with E-state index in [2.05, 4.69) is 10.2 Å². The third-order valence-electron chi connectivity index (χ3n) is 1.90. The van der Waals surface area contributed by atoms with Gasteiger partial charge in [-0.1, -0.05) is 0 Å². The molecule has 0 saturated carbocycles. The number of alkyl halides is 3. The van der Waals surface area contributed by atoms with Crippen LogP contribution in [-0.4, -0.2) is 19.2 Å². The Morgan fingerprint density at radius 1 is 1.27 bits per heavy atom. The summed E-state index contributed by atoms with van der Waals surface area (Å²) in [6, 6.07) is 0. The highest BCUT2D eigenvalue weighted by molar-refractivity contribution is 5.34. The second-order valence-corrected chi connectivity index (χ2v) is 2.93. The van der Waals surface area contributed by atoms with Crippen molar-refractivity contribution in [1.82, 2.24) is 19.2 Å². The van der Waals surface area contributed by atoms with Gasteiger partial charge in [-0.2, -0.15) is 13.2 Å². The van der Waals surface area contributed by atoms with Crippen molar-refractivity contribution in [3.05, 3.63) is 28.6 Å². The Bertz CT molecular complexity index is 568. The van der Waals surface area contributed by atoms with Crippen molar-refractivity contribution in [1.29, 1.82) is 0 Å². The highest BCUT2D eigenvalue weighted by Gasteiger charge is 2.37. The van der Waals surface area contributed by atoms with Gasteiger partial charge in [0.15, 0.2) is 0 Å². The lowest BCUT2D eigenvalue weighted by Gasteiger charge is -2.03. The summed E-state index contributed by atoms with van der Waals surface area (Å²) in [6.45, 7) is 0. The van der Waals surface area contributed by atoms with Crippen LogP contribution in [0, 0.1) is 0 Å². The monoisotopic (exact) mass is 218 g/mol. The van der Waals surface area contributed by atoms with Gasteiger partial charge in [-0.3, -0.25) is 9.20 Å². The molecule has 0 spiro atoms. The summed E-state index contributed by atoms with van der Waals surface area (Å²) in [5, 5.41) is 6.15. The van der Waals surface area contributed by atoms with Gasteiger partial charge in [0.1, 0.15) is 0 Å². The largest absolute Gasteiger partial charge is 0.452 e. The number of aromatic nitrogens is 4. The first kappa shape index (κ1) is 9.69. The molecule has 8 heteroatoms. The Labute approximate surface area is 80.8 Å². The predicted octanol–water partition coefficient (Wildman–Crippen LogP) is 0.447. The van der Waals surface area contributed by atoms with E-state index < -0.39 is 17.6 Å². The summed E-state index contributed by atoms with van der Waals surface area (Å²) in [6.07, 6.45) is -2.31. The molecule has 0 fully saturated rings. The fourth-order valence-corrected chi connectivity index (χ4v) is 1.16. The van der Waals surface area contributed by atoms with Gasteiger partial charge >= 0.3 is 6.18 Å². The number of aryl methyl sites for hydroxylation is 1. The number of nitrogens with zero attached hydrogens (tertiary/aromatic N) is 4. The predicted molar refractivity (Wildman–Crippen MR) is 43.2 cm³/mol. The average molecular weight is 218 g/mol. The van der Waals surface area contributed by atoms with Crippen molar-refractivity contribution in [3.8, 4) is 0 Å². The zero-order valence-electron chi connectivity index (χ0n) is 7.49. The van der Waals surface area contributed by atoms with Crippen LogP contribution in [0.3, 0.4) is 0 Å². The average Bonchev–Trinajstić information content (AvgIpc) is 2.54. The van der Waals surface area contributed by atoms with Crippen molar-refractivity contribution in [3.63, 3.8) is 0 Å². The smallest absolute Gasteiger partial charge is 0.314 e. The summed E-state index contributed by atoms with van der Waals surface area (Å²) in [4.78, 5) is 11.3. The van der Waals surface area contributed by atoms with Gasteiger partial charge in [-0.05, 0) is 0 Å². The van der Waals surface area contributed by atoms with E-state index in [1.54, 1.807) is 0 Å². The zero-order valence-corrected chi connectivity index (χ0v) is 7.49. The van der Waals surface area contributed by atoms with E-state index in [4.69, 9.17) is 0 Å². The fraction of sp³-hybridized carbons (Fsp3) is 0.286. The Balaban J connectivity index is 2.84. The van der Waals surface area contributed by atoms with Crippen LogP contribution in [0.15, 0.2) is 17.2 Å². The molecule has 2 rings (SSSR count). The molecule has 0 bridgehead atoms. The molecule has 5 nitrogen and oxygen atoms in total. The number of halogens is 3. The van der Waals surface area contributed by atoms with E-state index in [0.29, 0.717) is 4.40 Å². The van der Waals surface area contributed by atoms with Crippen molar-refractivity contribution in [2.24, 2.45) is 7.05 Å². The molecule has 0 unspecified atom stereocenters. The first-order valence-electron chi connectivity index (χ1n) is 3.89. The number of hydrogen-bond donors (Lipinski definition) is 0. The highest BCUT2D eigenvalue weighted by Crippen LogP contribution is 2.26. The minimum Gasteiger partial charge on any atom is -0.314 e. The Hall–Kier alpha value is -1.86. The standard InChI is InChI=1S/C7H5F3N4O/c1-13-2-3-14-4(5(13)15)11-12-6(14)7(8,9)10/h2-3H,1H3. The van der Waals surface area contributed by atoms with Crippen LogP contribution < -0.4 is 5.56 Å². The van der Waals surface area contributed by atoms with Crippen LogP contribution >= 0.6 is 0 Å². The second-order valence-electron chi connectivity index (χ2n) is 2.93. The molecule has 0 aliphatic rings. The van der Waals surface area contributed by atoms with Gasteiger partial charge in [-0.25, -0.2) is 0 Å². The van der Waals surface area contributed by atoms with Gasteiger partial charge in [0.05, 0.1) is 0 Å². The quantitative estimate of drug-likeness (QED) is 0.645. The van der Waals surface area contributed by atoms with Gasteiger partial charge in [0.25, 0.3) is 5.56 Å². The van der Waals surface area contributed by atoms with Crippen LogP contribution in [0.1, 0.15) is 5.82 Å². The SMILES string of the molecule is Cn1ccn2c(C(F)(F)F)nnc2c1=O. The van der Waals surface area contributed by atoms with Crippen LogP contribution in [-0.2, 0) is 13.2 Å². The molecule has 0 aliphatic heterocycles. The van der Waals surface area contributed by atoms with Gasteiger partial charge in [-0.15, -0.1) is 10.2 Å². The molecule has 0 atom stereocenters. The first-order chi connectivity index (χ1) is 6.91. The van der Waals surface area contributed by atoms with Crippen LogP contribution in [0.4, 0.5) is 13.2 Å². The Kier molecular flexibility index (Phi) is 1.82. The van der Waals surface area contributed by atoms with Crippen molar-refractivity contribution >= 4 is 5.65 Å². The lowest BCUT2D eigenvalue weighted by molar-refractivity contribution is -0.145. The van der Waals surface area contributed by atoms with E-state index >= 15 is 0 Å². The van der Waals surface area contributed by atoms with E-state index in [-0.39, 0.29) is 5.65 Å². The Morgan fingerprint density at radius 2 is 1.93 bits per heavy atom. The van der Waals surface area contributed by atoms with Crippen molar-refractivity contribution in [2.75, 3.05) is 0 Å². The van der Waals surface area contributed by atoms with Crippen LogP contribution in [0.2, 0.25) is 0 Å². The minimum absolute atomic E-state index is 0.340. The topological polar surface area (TPSA) is 52.2 Å². The van der Waals surface area contributed by atoms with E-state index in [9.17, 15) is 18.0 Å². The second kappa shape index (κ2) is 2.81. The molecule has 0 N–H and O–H groups in total. The van der Waals surface area contributed by atoms with E-state index in [0.717, 1.165) is 10.8 Å². The molecule has 2 aromatic heterocycles. The number of hydrogen-bond acceptors (Lipinski definition) is 3. The molecule has 15 heavy (non-hydrogen) atoms. The lowest BCUT2D eigenvalue weighted by atomic mass is 10.5. The summed E-state index contributed by atoms with van der Waals surface area (Å²) < 4.78 is 38.8. The fourth-order valence-electron chi connectivity index (χ4n) is 1.16.